The smallest absolute Gasteiger partial charge is 0.364 e. The minimum Gasteiger partial charge on any atom is -0.476 e. The third kappa shape index (κ3) is 2.45. The lowest BCUT2D eigenvalue weighted by Gasteiger charge is -2.37. The minimum absolute atomic E-state index is 0.0526. The van der Waals surface area contributed by atoms with Crippen LogP contribution in [0.15, 0.2) is 48.5 Å². The Labute approximate surface area is 141 Å². The molecule has 0 saturated heterocycles. The number of nitro groups is 1. The summed E-state index contributed by atoms with van der Waals surface area (Å²) in [4.78, 5) is 8.50. The summed E-state index contributed by atoms with van der Waals surface area (Å²) < 4.78 is 5.69. The van der Waals surface area contributed by atoms with Gasteiger partial charge in [-0.1, -0.05) is 30.3 Å². The quantitative estimate of drug-likeness (QED) is 0.336. The number of para-hydroxylation sites is 1. The van der Waals surface area contributed by atoms with Crippen LogP contribution in [-0.2, 0) is 0 Å². The van der Waals surface area contributed by atoms with Gasteiger partial charge in [0, 0.05) is 11.1 Å². The van der Waals surface area contributed by atoms with Gasteiger partial charge in [0.15, 0.2) is 6.10 Å². The number of benzene rings is 2. The first-order chi connectivity index (χ1) is 11.4. The normalized spacial score (nSPS) is 25.5. The Morgan fingerprint density at radius 3 is 2.38 bits per heavy atom. The number of nitrogens with zero attached hydrogens (tertiary/aromatic N) is 2. The van der Waals surface area contributed by atoms with Crippen LogP contribution in [0.4, 0.5) is 5.69 Å². The van der Waals surface area contributed by atoms with E-state index in [9.17, 15) is 15.2 Å². The number of halogens is 1. The number of hydrogen-bond donors (Lipinski definition) is 3. The first kappa shape index (κ1) is 16.5. The number of aliphatic hydroxyl groups is 1. The standard InChI is InChI=1S/C15H13ClN2O6/c16-15(18(22)23)13(19)11-3-1-2-4-12(11)24-14(15)9-5-7-10(8-6-9)17(20)21/h1-8,13-14,19-21H/t13-,14-,15+/m0/s1. The zero-order valence-electron chi connectivity index (χ0n) is 12.1. The molecule has 126 valence electrons. The van der Waals surface area contributed by atoms with Crippen LogP contribution in [0.1, 0.15) is 23.3 Å². The molecule has 0 fully saturated rings. The second-order valence-electron chi connectivity index (χ2n) is 5.30. The van der Waals surface area contributed by atoms with Gasteiger partial charge >= 0.3 is 5.00 Å². The Morgan fingerprint density at radius 1 is 1.17 bits per heavy atom. The zero-order valence-corrected chi connectivity index (χ0v) is 12.9. The zero-order chi connectivity index (χ0) is 17.5. The van der Waals surface area contributed by atoms with Crippen LogP contribution in [0.5, 0.6) is 5.75 Å². The van der Waals surface area contributed by atoms with Crippen LogP contribution in [0, 0.1) is 10.1 Å². The van der Waals surface area contributed by atoms with E-state index in [0.29, 0.717) is 11.3 Å². The van der Waals surface area contributed by atoms with Gasteiger partial charge in [0.05, 0.1) is 10.6 Å². The van der Waals surface area contributed by atoms with Gasteiger partial charge in [-0.2, -0.15) is 0 Å². The molecule has 0 unspecified atom stereocenters. The van der Waals surface area contributed by atoms with Gasteiger partial charge in [-0.3, -0.25) is 20.5 Å². The Balaban J connectivity index is 2.09. The molecule has 0 saturated carbocycles. The predicted molar refractivity (Wildman–Crippen MR) is 82.8 cm³/mol. The fourth-order valence-corrected chi connectivity index (χ4v) is 2.95. The van der Waals surface area contributed by atoms with Crippen molar-refractivity contribution in [2.75, 3.05) is 5.23 Å². The Bertz CT molecular complexity index is 769. The maximum absolute atomic E-state index is 11.6. The van der Waals surface area contributed by atoms with Crippen LogP contribution >= 0.6 is 11.6 Å². The van der Waals surface area contributed by atoms with Crippen molar-refractivity contribution in [3.05, 3.63) is 69.8 Å². The lowest BCUT2D eigenvalue weighted by atomic mass is 9.89. The van der Waals surface area contributed by atoms with Crippen LogP contribution in [-0.4, -0.2) is 25.4 Å². The number of ether oxygens (including phenoxy) is 1. The molecule has 0 spiro atoms. The van der Waals surface area contributed by atoms with Gasteiger partial charge in [0.25, 0.3) is 0 Å². The van der Waals surface area contributed by atoms with Crippen LogP contribution < -0.4 is 9.96 Å². The summed E-state index contributed by atoms with van der Waals surface area (Å²) in [5.41, 5.74) is 0.589. The molecule has 3 rings (SSSR count). The van der Waals surface area contributed by atoms with Crippen LogP contribution in [0.2, 0.25) is 0 Å². The third-order valence-corrected chi connectivity index (χ3v) is 4.46. The van der Waals surface area contributed by atoms with Gasteiger partial charge in [-0.25, -0.2) is 0 Å². The van der Waals surface area contributed by atoms with Crippen molar-refractivity contribution in [3.63, 3.8) is 0 Å². The van der Waals surface area contributed by atoms with Crippen molar-refractivity contribution < 1.29 is 25.2 Å². The molecule has 0 radical (unpaired) electrons. The Kier molecular flexibility index (Phi) is 4.06. The second-order valence-corrected chi connectivity index (χ2v) is 5.91. The van der Waals surface area contributed by atoms with Crippen molar-refractivity contribution in [2.24, 2.45) is 0 Å². The SMILES string of the molecule is O=[N+]([O-])[C@]1(Cl)[C@@H](O)c2ccccc2O[C@H]1c1ccc(N(O)O)cc1. The molecule has 0 aliphatic carbocycles. The molecular weight excluding hydrogens is 340 g/mol. The number of hydrogen-bond acceptors (Lipinski definition) is 7. The average Bonchev–Trinajstić information content (AvgIpc) is 2.58. The molecule has 8 nitrogen and oxygen atoms in total. The van der Waals surface area contributed by atoms with Crippen molar-refractivity contribution >= 4 is 17.3 Å². The number of aliphatic hydroxyl groups excluding tert-OH is 1. The fraction of sp³-hybridized carbons (Fsp3) is 0.200. The second kappa shape index (κ2) is 5.91. The van der Waals surface area contributed by atoms with E-state index in [1.807, 2.05) is 0 Å². The monoisotopic (exact) mass is 352 g/mol. The number of fused-ring (bicyclic) bond motifs is 1. The molecule has 2 aromatic carbocycles. The van der Waals surface area contributed by atoms with Crippen LogP contribution in [0.3, 0.4) is 0 Å². The van der Waals surface area contributed by atoms with Crippen molar-refractivity contribution in [1.82, 2.24) is 0 Å². The highest BCUT2D eigenvalue weighted by molar-refractivity contribution is 6.23. The van der Waals surface area contributed by atoms with E-state index in [0.717, 1.165) is 0 Å². The maximum atomic E-state index is 11.6. The van der Waals surface area contributed by atoms with Gasteiger partial charge in [-0.05, 0) is 29.8 Å². The predicted octanol–water partition coefficient (Wildman–Crippen LogP) is 2.65. The first-order valence-electron chi connectivity index (χ1n) is 6.90. The largest absolute Gasteiger partial charge is 0.476 e. The molecule has 3 atom stereocenters. The lowest BCUT2D eigenvalue weighted by molar-refractivity contribution is -0.570. The van der Waals surface area contributed by atoms with E-state index in [2.05, 4.69) is 0 Å². The van der Waals surface area contributed by atoms with Crippen molar-refractivity contribution in [2.45, 2.75) is 17.2 Å². The molecule has 9 heteroatoms. The summed E-state index contributed by atoms with van der Waals surface area (Å²) in [5.74, 6) is 0.295. The molecule has 3 N–H and O–H groups in total. The van der Waals surface area contributed by atoms with E-state index < -0.39 is 22.1 Å². The topological polar surface area (TPSA) is 116 Å². The van der Waals surface area contributed by atoms with E-state index in [-0.39, 0.29) is 16.5 Å². The highest BCUT2D eigenvalue weighted by Gasteiger charge is 2.61. The van der Waals surface area contributed by atoms with Crippen LogP contribution in [0.25, 0.3) is 0 Å². The first-order valence-corrected chi connectivity index (χ1v) is 7.28. The van der Waals surface area contributed by atoms with Gasteiger partial charge in [-0.15, -0.1) is 5.23 Å². The third-order valence-electron chi connectivity index (χ3n) is 3.92. The molecule has 0 bridgehead atoms. The van der Waals surface area contributed by atoms with E-state index in [1.165, 1.54) is 30.3 Å². The molecule has 0 aromatic heterocycles. The summed E-state index contributed by atoms with van der Waals surface area (Å²) in [7, 11) is 0. The average molecular weight is 353 g/mol. The highest BCUT2D eigenvalue weighted by atomic mass is 35.5. The molecule has 24 heavy (non-hydrogen) atoms. The van der Waals surface area contributed by atoms with E-state index >= 15 is 0 Å². The summed E-state index contributed by atoms with van der Waals surface area (Å²) in [6.07, 6.45) is -2.87. The molecule has 0 amide bonds. The molecule has 1 aliphatic heterocycles. The highest BCUT2D eigenvalue weighted by Crippen LogP contribution is 2.51. The minimum atomic E-state index is -2.33. The van der Waals surface area contributed by atoms with E-state index in [4.69, 9.17) is 26.8 Å². The van der Waals surface area contributed by atoms with E-state index in [1.54, 1.807) is 18.2 Å². The van der Waals surface area contributed by atoms with Crippen molar-refractivity contribution in [1.29, 1.82) is 0 Å². The summed E-state index contributed by atoms with van der Waals surface area (Å²) >= 11 is 6.21. The Hall–Kier alpha value is -2.39. The number of rotatable bonds is 3. The number of alkyl halides is 1. The molecular formula is C15H13ClN2O6. The van der Waals surface area contributed by atoms with Crippen molar-refractivity contribution in [3.8, 4) is 5.75 Å². The van der Waals surface area contributed by atoms with Gasteiger partial charge < -0.3 is 9.84 Å². The number of anilines is 1. The summed E-state index contributed by atoms with van der Waals surface area (Å²) in [6.45, 7) is 0. The summed E-state index contributed by atoms with van der Waals surface area (Å²) in [5, 5.41) is 39.9. The summed E-state index contributed by atoms with van der Waals surface area (Å²) in [6, 6.07) is 11.8. The molecule has 1 heterocycles. The molecule has 2 aromatic rings. The fourth-order valence-electron chi connectivity index (χ4n) is 2.66. The lowest BCUT2D eigenvalue weighted by Crippen LogP contribution is -2.49. The Morgan fingerprint density at radius 2 is 1.79 bits per heavy atom. The van der Waals surface area contributed by atoms with Gasteiger partial charge in [0.2, 0.25) is 6.10 Å². The van der Waals surface area contributed by atoms with Gasteiger partial charge in [0.1, 0.15) is 5.75 Å². The molecule has 1 aliphatic rings. The maximum Gasteiger partial charge on any atom is 0.364 e.